The fraction of sp³-hybridized carbons (Fsp3) is 0.227. The Kier molecular flexibility index (Phi) is 4.69. The van der Waals surface area contributed by atoms with E-state index in [4.69, 9.17) is 4.74 Å². The number of fused-ring (bicyclic) bond motifs is 1. The summed E-state index contributed by atoms with van der Waals surface area (Å²) < 4.78 is 7.42. The van der Waals surface area contributed by atoms with Gasteiger partial charge in [0.05, 0.1) is 25.9 Å². The molecule has 0 saturated heterocycles. The zero-order chi connectivity index (χ0) is 18.8. The Labute approximate surface area is 159 Å². The van der Waals surface area contributed by atoms with E-state index in [1.807, 2.05) is 23.0 Å². The van der Waals surface area contributed by atoms with Gasteiger partial charge in [0, 0.05) is 28.9 Å². The van der Waals surface area contributed by atoms with E-state index >= 15 is 0 Å². The molecule has 1 atom stereocenters. The lowest BCUT2D eigenvalue weighted by Crippen LogP contribution is -2.20. The first kappa shape index (κ1) is 17.4. The lowest BCUT2D eigenvalue weighted by molar-refractivity contribution is 0.344. The molecule has 4 rings (SSSR count). The van der Waals surface area contributed by atoms with Crippen LogP contribution in [0.25, 0.3) is 10.9 Å². The molecule has 0 aliphatic rings. The molecule has 0 radical (unpaired) electrons. The summed E-state index contributed by atoms with van der Waals surface area (Å²) in [4.78, 5) is 5.60. The summed E-state index contributed by atoms with van der Waals surface area (Å²) in [6.45, 7) is 0.767. The Morgan fingerprint density at radius 3 is 2.70 bits per heavy atom. The van der Waals surface area contributed by atoms with Gasteiger partial charge in [-0.25, -0.2) is 0 Å². The number of benzene rings is 2. The van der Waals surface area contributed by atoms with Crippen LogP contribution in [0.5, 0.6) is 5.75 Å². The summed E-state index contributed by atoms with van der Waals surface area (Å²) in [5, 5.41) is 5.76. The highest BCUT2D eigenvalue weighted by molar-refractivity contribution is 5.85. The number of aromatic nitrogens is 3. The Balaban J connectivity index is 1.70. The van der Waals surface area contributed by atoms with E-state index in [1.54, 1.807) is 7.11 Å². The monoisotopic (exact) mass is 360 g/mol. The second-order valence-electron chi connectivity index (χ2n) is 6.98. The van der Waals surface area contributed by atoms with E-state index in [0.717, 1.165) is 17.8 Å². The first-order valence-corrected chi connectivity index (χ1v) is 9.03. The maximum atomic E-state index is 5.42. The molecule has 0 aliphatic heterocycles. The molecular formula is C22H24N4O. The highest BCUT2D eigenvalue weighted by atomic mass is 16.5. The smallest absolute Gasteiger partial charge is 0.119 e. The topological polar surface area (TPSA) is 46.1 Å². The van der Waals surface area contributed by atoms with E-state index in [9.17, 15) is 0 Å². The van der Waals surface area contributed by atoms with E-state index < -0.39 is 0 Å². The van der Waals surface area contributed by atoms with Crippen LogP contribution < -0.4 is 4.74 Å². The highest BCUT2D eigenvalue weighted by Gasteiger charge is 2.22. The average Bonchev–Trinajstić information content (AvgIpc) is 3.30. The SMILES string of the molecule is COc1ccc2[nH]cc(C(c3cnn(Cc4ccccc4)c3)N(C)C)c2c1. The van der Waals surface area contributed by atoms with Crippen LogP contribution in [0.1, 0.15) is 22.7 Å². The van der Waals surface area contributed by atoms with E-state index in [-0.39, 0.29) is 6.04 Å². The minimum atomic E-state index is 0.107. The van der Waals surface area contributed by atoms with E-state index in [0.29, 0.717) is 0 Å². The number of ether oxygens (including phenoxy) is 1. The minimum absolute atomic E-state index is 0.107. The molecule has 0 amide bonds. The maximum Gasteiger partial charge on any atom is 0.119 e. The van der Waals surface area contributed by atoms with Crippen molar-refractivity contribution in [1.82, 2.24) is 19.7 Å². The van der Waals surface area contributed by atoms with Gasteiger partial charge in [0.1, 0.15) is 5.75 Å². The van der Waals surface area contributed by atoms with Crippen molar-refractivity contribution in [3.05, 3.63) is 83.8 Å². The Bertz CT molecular complexity index is 1030. The van der Waals surface area contributed by atoms with Gasteiger partial charge in [0.15, 0.2) is 0 Å². The second-order valence-corrected chi connectivity index (χ2v) is 6.98. The molecule has 2 aromatic carbocycles. The normalized spacial score (nSPS) is 12.6. The second kappa shape index (κ2) is 7.29. The molecule has 0 bridgehead atoms. The summed E-state index contributed by atoms with van der Waals surface area (Å²) in [6, 6.07) is 16.6. The number of H-pyrrole nitrogens is 1. The van der Waals surface area contributed by atoms with E-state index in [2.05, 4.69) is 77.9 Å². The van der Waals surface area contributed by atoms with Crippen molar-refractivity contribution < 1.29 is 4.74 Å². The summed E-state index contributed by atoms with van der Waals surface area (Å²) in [5.74, 6) is 0.862. The quantitative estimate of drug-likeness (QED) is 0.564. The molecule has 0 saturated carbocycles. The largest absolute Gasteiger partial charge is 0.497 e. The summed E-state index contributed by atoms with van der Waals surface area (Å²) in [6.07, 6.45) is 6.19. The van der Waals surface area contributed by atoms with Gasteiger partial charge in [0.25, 0.3) is 0 Å². The van der Waals surface area contributed by atoms with Gasteiger partial charge in [-0.05, 0) is 43.4 Å². The van der Waals surface area contributed by atoms with Crippen LogP contribution in [-0.2, 0) is 6.54 Å². The average molecular weight is 360 g/mol. The van der Waals surface area contributed by atoms with Gasteiger partial charge in [-0.1, -0.05) is 30.3 Å². The molecular weight excluding hydrogens is 336 g/mol. The number of methoxy groups -OCH3 is 1. The van der Waals surface area contributed by atoms with Crippen molar-refractivity contribution in [2.45, 2.75) is 12.6 Å². The van der Waals surface area contributed by atoms with Crippen LogP contribution >= 0.6 is 0 Å². The molecule has 27 heavy (non-hydrogen) atoms. The van der Waals surface area contributed by atoms with Crippen molar-refractivity contribution in [2.24, 2.45) is 0 Å². The molecule has 138 valence electrons. The van der Waals surface area contributed by atoms with Crippen LogP contribution in [0, 0.1) is 0 Å². The Hall–Kier alpha value is -3.05. The zero-order valence-electron chi connectivity index (χ0n) is 15.9. The zero-order valence-corrected chi connectivity index (χ0v) is 15.9. The molecule has 1 unspecified atom stereocenters. The van der Waals surface area contributed by atoms with E-state index in [1.165, 1.54) is 22.1 Å². The fourth-order valence-corrected chi connectivity index (χ4v) is 3.61. The molecule has 1 N–H and O–H groups in total. The molecule has 5 nitrogen and oxygen atoms in total. The number of nitrogens with one attached hydrogen (secondary N) is 1. The van der Waals surface area contributed by atoms with Gasteiger partial charge in [-0.2, -0.15) is 5.10 Å². The first-order chi connectivity index (χ1) is 13.2. The first-order valence-electron chi connectivity index (χ1n) is 9.03. The fourth-order valence-electron chi connectivity index (χ4n) is 3.61. The van der Waals surface area contributed by atoms with Crippen molar-refractivity contribution >= 4 is 10.9 Å². The molecule has 4 aromatic rings. The van der Waals surface area contributed by atoms with Gasteiger partial charge in [0.2, 0.25) is 0 Å². The third-order valence-corrected chi connectivity index (χ3v) is 4.89. The lowest BCUT2D eigenvalue weighted by Gasteiger charge is -2.23. The standard InChI is InChI=1S/C22H24N4O/c1-25(2)22(20-13-23-21-10-9-18(27-3)11-19(20)21)17-12-24-26(15-17)14-16-7-5-4-6-8-16/h4-13,15,22-23H,14H2,1-3H3. The van der Waals surface area contributed by atoms with Gasteiger partial charge in [-0.15, -0.1) is 0 Å². The third kappa shape index (κ3) is 3.46. The van der Waals surface area contributed by atoms with Crippen LogP contribution in [-0.4, -0.2) is 40.9 Å². The molecule has 2 heterocycles. The molecule has 0 spiro atoms. The Morgan fingerprint density at radius 2 is 1.96 bits per heavy atom. The molecule has 2 aromatic heterocycles. The predicted molar refractivity (Wildman–Crippen MR) is 108 cm³/mol. The molecule has 0 fully saturated rings. The minimum Gasteiger partial charge on any atom is -0.497 e. The van der Waals surface area contributed by atoms with Crippen LogP contribution in [0.15, 0.2) is 67.1 Å². The van der Waals surface area contributed by atoms with Gasteiger partial charge < -0.3 is 9.72 Å². The highest BCUT2D eigenvalue weighted by Crippen LogP contribution is 2.33. The molecule has 0 aliphatic carbocycles. The Morgan fingerprint density at radius 1 is 1.15 bits per heavy atom. The molecule has 5 heteroatoms. The van der Waals surface area contributed by atoms with Crippen molar-refractivity contribution in [3.63, 3.8) is 0 Å². The predicted octanol–water partition coefficient (Wildman–Crippen LogP) is 4.07. The van der Waals surface area contributed by atoms with Crippen LogP contribution in [0.2, 0.25) is 0 Å². The third-order valence-electron chi connectivity index (χ3n) is 4.89. The summed E-state index contributed by atoms with van der Waals surface area (Å²) >= 11 is 0. The number of hydrogen-bond donors (Lipinski definition) is 1. The number of rotatable bonds is 6. The van der Waals surface area contributed by atoms with Crippen molar-refractivity contribution in [2.75, 3.05) is 21.2 Å². The summed E-state index contributed by atoms with van der Waals surface area (Å²) in [5.41, 5.74) is 4.73. The number of hydrogen-bond acceptors (Lipinski definition) is 3. The van der Waals surface area contributed by atoms with Crippen LogP contribution in [0.4, 0.5) is 0 Å². The summed E-state index contributed by atoms with van der Waals surface area (Å²) in [7, 11) is 5.89. The number of nitrogens with zero attached hydrogens (tertiary/aromatic N) is 3. The number of aromatic amines is 1. The van der Waals surface area contributed by atoms with Crippen LogP contribution in [0.3, 0.4) is 0 Å². The maximum absolute atomic E-state index is 5.42. The van der Waals surface area contributed by atoms with Crippen molar-refractivity contribution in [3.8, 4) is 5.75 Å². The van der Waals surface area contributed by atoms with Gasteiger partial charge >= 0.3 is 0 Å². The van der Waals surface area contributed by atoms with Gasteiger partial charge in [-0.3, -0.25) is 9.58 Å². The van der Waals surface area contributed by atoms with Crippen molar-refractivity contribution in [1.29, 1.82) is 0 Å². The lowest BCUT2D eigenvalue weighted by atomic mass is 10.00.